The van der Waals surface area contributed by atoms with Crippen LogP contribution in [-0.2, 0) is 0 Å². The Hall–Kier alpha value is -1.24. The molecule has 0 saturated carbocycles. The standard InChI is InChI=1S/C8H11BrN6/c1-6(9)5-14(2)8-4-10-3-7-11-12-13-15(7)8/h3-4,6H,5H2,1-2H3. The van der Waals surface area contributed by atoms with Gasteiger partial charge in [-0.3, -0.25) is 4.98 Å². The topological polar surface area (TPSA) is 59.2 Å². The second-order valence-electron chi connectivity index (χ2n) is 3.38. The minimum atomic E-state index is 0.397. The lowest BCUT2D eigenvalue weighted by molar-refractivity contribution is 0.777. The van der Waals surface area contributed by atoms with E-state index in [-0.39, 0.29) is 0 Å². The number of nitrogens with zero attached hydrogens (tertiary/aromatic N) is 6. The molecule has 2 heterocycles. The maximum Gasteiger partial charge on any atom is 0.199 e. The smallest absolute Gasteiger partial charge is 0.199 e. The van der Waals surface area contributed by atoms with Crippen LogP contribution in [0.1, 0.15) is 6.92 Å². The summed E-state index contributed by atoms with van der Waals surface area (Å²) in [5.74, 6) is 0.879. The first-order valence-corrected chi connectivity index (χ1v) is 5.47. The Kier molecular flexibility index (Phi) is 2.81. The maximum absolute atomic E-state index is 4.09. The highest BCUT2D eigenvalue weighted by Gasteiger charge is 2.10. The van der Waals surface area contributed by atoms with Gasteiger partial charge in [0.25, 0.3) is 0 Å². The number of alkyl halides is 1. The zero-order valence-electron chi connectivity index (χ0n) is 8.50. The zero-order valence-corrected chi connectivity index (χ0v) is 10.1. The highest BCUT2D eigenvalue weighted by Crippen LogP contribution is 2.12. The SMILES string of the molecule is CC(Br)CN(C)c1cncc2nnnn12. The largest absolute Gasteiger partial charge is 0.357 e. The van der Waals surface area contributed by atoms with Gasteiger partial charge in [-0.05, 0) is 10.4 Å². The third-order valence-corrected chi connectivity index (χ3v) is 2.30. The third kappa shape index (κ3) is 2.06. The van der Waals surface area contributed by atoms with Gasteiger partial charge in [-0.15, -0.1) is 5.10 Å². The van der Waals surface area contributed by atoms with E-state index in [1.54, 1.807) is 16.9 Å². The molecule has 0 aromatic carbocycles. The van der Waals surface area contributed by atoms with E-state index in [2.05, 4.69) is 48.3 Å². The fraction of sp³-hybridized carbons (Fsp3) is 0.500. The zero-order chi connectivity index (χ0) is 10.8. The van der Waals surface area contributed by atoms with Crippen molar-refractivity contribution in [3.63, 3.8) is 0 Å². The summed E-state index contributed by atoms with van der Waals surface area (Å²) in [5, 5.41) is 11.4. The van der Waals surface area contributed by atoms with E-state index in [1.165, 1.54) is 0 Å². The van der Waals surface area contributed by atoms with Crippen LogP contribution in [0.25, 0.3) is 5.65 Å². The van der Waals surface area contributed by atoms with E-state index in [4.69, 9.17) is 0 Å². The van der Waals surface area contributed by atoms with Crippen LogP contribution in [0.15, 0.2) is 12.4 Å². The summed E-state index contributed by atoms with van der Waals surface area (Å²) in [6.45, 7) is 2.95. The van der Waals surface area contributed by atoms with Crippen LogP contribution in [0.4, 0.5) is 5.82 Å². The van der Waals surface area contributed by atoms with Gasteiger partial charge in [0, 0.05) is 18.4 Å². The van der Waals surface area contributed by atoms with Crippen molar-refractivity contribution in [2.24, 2.45) is 0 Å². The minimum absolute atomic E-state index is 0.397. The Morgan fingerprint density at radius 3 is 3.07 bits per heavy atom. The van der Waals surface area contributed by atoms with Crippen molar-refractivity contribution < 1.29 is 0 Å². The quantitative estimate of drug-likeness (QED) is 0.770. The molecule has 7 heteroatoms. The number of fused-ring (bicyclic) bond motifs is 1. The predicted molar refractivity (Wildman–Crippen MR) is 60.2 cm³/mol. The van der Waals surface area contributed by atoms with E-state index < -0.39 is 0 Å². The Labute approximate surface area is 95.4 Å². The molecule has 0 amide bonds. The van der Waals surface area contributed by atoms with Crippen LogP contribution < -0.4 is 4.90 Å². The van der Waals surface area contributed by atoms with Crippen LogP contribution in [0.2, 0.25) is 0 Å². The van der Waals surface area contributed by atoms with E-state index in [9.17, 15) is 0 Å². The van der Waals surface area contributed by atoms with Crippen molar-refractivity contribution in [2.45, 2.75) is 11.8 Å². The average molecular weight is 271 g/mol. The van der Waals surface area contributed by atoms with Gasteiger partial charge in [0.1, 0.15) is 0 Å². The van der Waals surface area contributed by atoms with Gasteiger partial charge in [0.2, 0.25) is 0 Å². The maximum atomic E-state index is 4.09. The second-order valence-corrected chi connectivity index (χ2v) is 4.94. The number of anilines is 1. The van der Waals surface area contributed by atoms with Crippen LogP contribution in [-0.4, -0.2) is 43.4 Å². The summed E-state index contributed by atoms with van der Waals surface area (Å²) in [5.41, 5.74) is 0.654. The fourth-order valence-corrected chi connectivity index (χ4v) is 1.83. The molecule has 80 valence electrons. The molecule has 2 rings (SSSR count). The van der Waals surface area contributed by atoms with Crippen LogP contribution in [0.5, 0.6) is 0 Å². The van der Waals surface area contributed by atoms with Gasteiger partial charge < -0.3 is 4.90 Å². The normalized spacial score (nSPS) is 13.0. The first kappa shape index (κ1) is 10.3. The molecular formula is C8H11BrN6. The fourth-order valence-electron chi connectivity index (χ4n) is 1.39. The Bertz CT molecular complexity index is 453. The molecule has 6 nitrogen and oxygen atoms in total. The van der Waals surface area contributed by atoms with Gasteiger partial charge in [-0.1, -0.05) is 22.9 Å². The molecule has 0 aliphatic carbocycles. The lowest BCUT2D eigenvalue weighted by atomic mass is 10.4. The molecule has 15 heavy (non-hydrogen) atoms. The average Bonchev–Trinajstić information content (AvgIpc) is 2.63. The molecular weight excluding hydrogens is 260 g/mol. The van der Waals surface area contributed by atoms with Crippen molar-refractivity contribution in [1.29, 1.82) is 0 Å². The summed E-state index contributed by atoms with van der Waals surface area (Å²) in [6, 6.07) is 0. The second kappa shape index (κ2) is 4.09. The van der Waals surface area contributed by atoms with Gasteiger partial charge in [-0.25, -0.2) is 0 Å². The third-order valence-electron chi connectivity index (χ3n) is 2.01. The number of rotatable bonds is 3. The van der Waals surface area contributed by atoms with Crippen molar-refractivity contribution >= 4 is 27.4 Å². The van der Waals surface area contributed by atoms with Crippen LogP contribution in [0.3, 0.4) is 0 Å². The molecule has 0 spiro atoms. The van der Waals surface area contributed by atoms with E-state index in [1.807, 2.05) is 7.05 Å². The molecule has 2 aromatic rings. The molecule has 0 bridgehead atoms. The number of halogens is 1. The molecule has 0 fully saturated rings. The molecule has 0 radical (unpaired) electrons. The highest BCUT2D eigenvalue weighted by molar-refractivity contribution is 9.09. The monoisotopic (exact) mass is 270 g/mol. The summed E-state index contributed by atoms with van der Waals surface area (Å²) in [7, 11) is 1.98. The van der Waals surface area contributed by atoms with Crippen molar-refractivity contribution in [1.82, 2.24) is 25.0 Å². The Morgan fingerprint density at radius 2 is 2.33 bits per heavy atom. The Morgan fingerprint density at radius 1 is 1.53 bits per heavy atom. The van der Waals surface area contributed by atoms with Crippen LogP contribution in [0, 0.1) is 0 Å². The number of hydrogen-bond donors (Lipinski definition) is 0. The number of hydrogen-bond acceptors (Lipinski definition) is 5. The van der Waals surface area contributed by atoms with Gasteiger partial charge >= 0.3 is 0 Å². The summed E-state index contributed by atoms with van der Waals surface area (Å²) in [6.07, 6.45) is 3.38. The van der Waals surface area contributed by atoms with Crippen LogP contribution >= 0.6 is 15.9 Å². The minimum Gasteiger partial charge on any atom is -0.357 e. The number of tetrazole rings is 1. The summed E-state index contributed by atoms with van der Waals surface area (Å²) >= 11 is 3.50. The van der Waals surface area contributed by atoms with Crippen molar-refractivity contribution in [3.8, 4) is 0 Å². The molecule has 1 atom stereocenters. The van der Waals surface area contributed by atoms with Gasteiger partial charge in [0.05, 0.1) is 12.4 Å². The molecule has 0 N–H and O–H groups in total. The van der Waals surface area contributed by atoms with Crippen molar-refractivity contribution in [2.75, 3.05) is 18.5 Å². The van der Waals surface area contributed by atoms with E-state index >= 15 is 0 Å². The molecule has 0 saturated heterocycles. The molecule has 0 aliphatic rings. The summed E-state index contributed by atoms with van der Waals surface area (Å²) < 4.78 is 1.67. The Balaban J connectivity index is 2.38. The molecule has 0 aliphatic heterocycles. The lowest BCUT2D eigenvalue weighted by Crippen LogP contribution is -2.26. The van der Waals surface area contributed by atoms with E-state index in [0.717, 1.165) is 12.4 Å². The van der Waals surface area contributed by atoms with Gasteiger partial charge in [0.15, 0.2) is 11.5 Å². The molecule has 1 unspecified atom stereocenters. The van der Waals surface area contributed by atoms with Crippen molar-refractivity contribution in [3.05, 3.63) is 12.4 Å². The summed E-state index contributed by atoms with van der Waals surface area (Å²) in [4.78, 5) is 6.54. The van der Waals surface area contributed by atoms with Gasteiger partial charge in [-0.2, -0.15) is 4.52 Å². The number of aromatic nitrogens is 5. The first-order valence-electron chi connectivity index (χ1n) is 4.56. The predicted octanol–water partition coefficient (Wildman–Crippen LogP) is 0.739. The lowest BCUT2D eigenvalue weighted by Gasteiger charge is -2.19. The molecule has 2 aromatic heterocycles. The van der Waals surface area contributed by atoms with E-state index in [0.29, 0.717) is 10.5 Å². The highest BCUT2D eigenvalue weighted by atomic mass is 79.9. The first-order chi connectivity index (χ1) is 7.18.